The van der Waals surface area contributed by atoms with Crippen molar-refractivity contribution in [1.82, 2.24) is 14.8 Å². The monoisotopic (exact) mass is 347 g/mol. The summed E-state index contributed by atoms with van der Waals surface area (Å²) in [4.78, 5) is 22.3. The molecule has 2 saturated heterocycles. The molecule has 2 aromatic rings. The Kier molecular flexibility index (Phi) is 4.39. The maximum atomic E-state index is 12.9. The molecule has 1 amide bonds. The number of hydrogen-bond donors (Lipinski definition) is 0. The lowest BCUT2D eigenvalue weighted by molar-refractivity contribution is 0.0105. The van der Waals surface area contributed by atoms with E-state index in [1.54, 1.807) is 12.5 Å². The summed E-state index contributed by atoms with van der Waals surface area (Å²) in [5, 5.41) is 0.750. The fraction of sp³-hybridized carbons (Fsp3) is 0.529. The Morgan fingerprint density at radius 1 is 1.33 bits per heavy atom. The summed E-state index contributed by atoms with van der Waals surface area (Å²) < 4.78 is 10.8. The molecule has 4 heterocycles. The zero-order chi connectivity index (χ0) is 16.5. The van der Waals surface area contributed by atoms with Crippen LogP contribution in [0.5, 0.6) is 0 Å². The number of rotatable bonds is 3. The second-order valence-corrected chi connectivity index (χ2v) is 7.28. The molecule has 0 radical (unpaired) electrons. The van der Waals surface area contributed by atoms with Crippen LogP contribution in [0.15, 0.2) is 29.0 Å². The molecule has 2 fully saturated rings. The third-order valence-electron chi connectivity index (χ3n) is 4.94. The van der Waals surface area contributed by atoms with Gasteiger partial charge >= 0.3 is 0 Å². The molecule has 2 aliphatic rings. The smallest absolute Gasteiger partial charge is 0.265 e. The molecule has 0 aromatic carbocycles. The van der Waals surface area contributed by atoms with Gasteiger partial charge in [0.15, 0.2) is 10.8 Å². The Bertz CT molecular complexity index is 694. The Balaban J connectivity index is 1.47. The number of furan rings is 1. The van der Waals surface area contributed by atoms with Crippen LogP contribution in [0, 0.1) is 0 Å². The average Bonchev–Trinajstić information content (AvgIpc) is 3.35. The minimum atomic E-state index is 0.0774. The molecule has 4 rings (SSSR count). The van der Waals surface area contributed by atoms with Crippen molar-refractivity contribution in [2.75, 3.05) is 32.8 Å². The van der Waals surface area contributed by atoms with Crippen LogP contribution < -0.4 is 0 Å². The molecular formula is C17H21N3O3S. The molecule has 0 aliphatic carbocycles. The van der Waals surface area contributed by atoms with Gasteiger partial charge in [-0.2, -0.15) is 0 Å². The predicted molar refractivity (Wildman–Crippen MR) is 91.1 cm³/mol. The van der Waals surface area contributed by atoms with Crippen molar-refractivity contribution in [3.63, 3.8) is 0 Å². The van der Waals surface area contributed by atoms with E-state index in [9.17, 15) is 4.79 Å². The van der Waals surface area contributed by atoms with Crippen molar-refractivity contribution in [3.05, 3.63) is 29.5 Å². The number of thiazole rings is 1. The maximum absolute atomic E-state index is 12.9. The number of aromatic nitrogens is 1. The second-order valence-electron chi connectivity index (χ2n) is 6.25. The summed E-state index contributed by atoms with van der Waals surface area (Å²) in [6.07, 6.45) is 4.31. The van der Waals surface area contributed by atoms with Crippen molar-refractivity contribution >= 4 is 17.2 Å². The normalized spacial score (nSPS) is 25.3. The molecule has 0 saturated carbocycles. The summed E-state index contributed by atoms with van der Waals surface area (Å²) in [7, 11) is 0. The van der Waals surface area contributed by atoms with Gasteiger partial charge in [0, 0.05) is 31.7 Å². The van der Waals surface area contributed by atoms with Crippen LogP contribution in [-0.2, 0) is 4.74 Å². The number of amides is 1. The number of nitrogens with zero attached hydrogens (tertiary/aromatic N) is 3. The largest absolute Gasteiger partial charge is 0.462 e. The van der Waals surface area contributed by atoms with Gasteiger partial charge in [-0.1, -0.05) is 0 Å². The zero-order valence-electron chi connectivity index (χ0n) is 13.7. The van der Waals surface area contributed by atoms with E-state index in [0.29, 0.717) is 16.7 Å². The number of ether oxygens (including phenoxy) is 1. The molecule has 0 bridgehead atoms. The van der Waals surface area contributed by atoms with E-state index in [1.807, 2.05) is 17.0 Å². The Morgan fingerprint density at radius 2 is 2.17 bits per heavy atom. The van der Waals surface area contributed by atoms with Gasteiger partial charge in [-0.05, 0) is 25.5 Å². The molecule has 2 aromatic heterocycles. The average molecular weight is 347 g/mol. The van der Waals surface area contributed by atoms with Crippen molar-refractivity contribution < 1.29 is 13.9 Å². The molecule has 0 unspecified atom stereocenters. The summed E-state index contributed by atoms with van der Waals surface area (Å²) in [6.45, 7) is 6.45. The number of morpholine rings is 1. The van der Waals surface area contributed by atoms with E-state index < -0.39 is 0 Å². The first-order valence-electron chi connectivity index (χ1n) is 8.36. The van der Waals surface area contributed by atoms with Crippen LogP contribution in [0.1, 0.15) is 23.0 Å². The molecule has 6 nitrogen and oxygen atoms in total. The number of carbonyl (C=O) groups excluding carboxylic acids is 1. The molecule has 2 atom stereocenters. The van der Waals surface area contributed by atoms with Gasteiger partial charge in [0.1, 0.15) is 4.88 Å². The van der Waals surface area contributed by atoms with Crippen molar-refractivity contribution in [2.45, 2.75) is 25.4 Å². The van der Waals surface area contributed by atoms with Crippen molar-refractivity contribution in [3.8, 4) is 10.8 Å². The zero-order valence-corrected chi connectivity index (χ0v) is 14.5. The first-order chi connectivity index (χ1) is 11.7. The van der Waals surface area contributed by atoms with Crippen LogP contribution >= 0.6 is 11.3 Å². The van der Waals surface area contributed by atoms with Gasteiger partial charge in [-0.15, -0.1) is 11.3 Å². The standard InChI is InChI=1S/C17H21N3O3S/c1-12-13(19-6-9-22-10-7-19)4-5-20(12)17(21)15-11-18-16(24-15)14-3-2-8-23-14/h2-3,8,11-13H,4-7,9-10H2,1H3/t12-,13-/m1/s1. The van der Waals surface area contributed by atoms with E-state index in [4.69, 9.17) is 9.15 Å². The lowest BCUT2D eigenvalue weighted by Gasteiger charge is -2.35. The Hall–Kier alpha value is -1.70. The SMILES string of the molecule is C[C@@H]1[C@H](N2CCOCC2)CCN1C(=O)c1cnc(-c2ccco2)s1. The van der Waals surface area contributed by atoms with E-state index in [2.05, 4.69) is 16.8 Å². The highest BCUT2D eigenvalue weighted by Gasteiger charge is 2.38. The highest BCUT2D eigenvalue weighted by molar-refractivity contribution is 7.16. The van der Waals surface area contributed by atoms with Gasteiger partial charge in [0.05, 0.1) is 25.7 Å². The minimum absolute atomic E-state index is 0.0774. The lowest BCUT2D eigenvalue weighted by atomic mass is 10.1. The Morgan fingerprint density at radius 3 is 2.92 bits per heavy atom. The molecule has 2 aliphatic heterocycles. The van der Waals surface area contributed by atoms with Crippen molar-refractivity contribution in [1.29, 1.82) is 0 Å². The fourth-order valence-electron chi connectivity index (χ4n) is 3.64. The molecular weight excluding hydrogens is 326 g/mol. The van der Waals surface area contributed by atoms with Crippen LogP contribution in [0.2, 0.25) is 0 Å². The summed E-state index contributed by atoms with van der Waals surface area (Å²) >= 11 is 1.39. The van der Waals surface area contributed by atoms with Gasteiger partial charge in [-0.3, -0.25) is 9.69 Å². The summed E-state index contributed by atoms with van der Waals surface area (Å²) in [5.74, 6) is 0.785. The van der Waals surface area contributed by atoms with Crippen LogP contribution in [0.25, 0.3) is 10.8 Å². The topological polar surface area (TPSA) is 58.8 Å². The third-order valence-corrected chi connectivity index (χ3v) is 5.94. The molecule has 128 valence electrons. The van der Waals surface area contributed by atoms with Gasteiger partial charge in [0.2, 0.25) is 0 Å². The van der Waals surface area contributed by atoms with E-state index in [0.717, 1.165) is 44.3 Å². The molecule has 0 N–H and O–H groups in total. The minimum Gasteiger partial charge on any atom is -0.462 e. The van der Waals surface area contributed by atoms with Gasteiger partial charge in [0.25, 0.3) is 5.91 Å². The fourth-order valence-corrected chi connectivity index (χ4v) is 4.48. The number of hydrogen-bond acceptors (Lipinski definition) is 6. The second kappa shape index (κ2) is 6.66. The number of carbonyl (C=O) groups is 1. The van der Waals surface area contributed by atoms with E-state index >= 15 is 0 Å². The van der Waals surface area contributed by atoms with Crippen LogP contribution in [0.3, 0.4) is 0 Å². The predicted octanol–water partition coefficient (Wildman–Crippen LogP) is 2.34. The molecule has 7 heteroatoms. The first-order valence-corrected chi connectivity index (χ1v) is 9.18. The lowest BCUT2D eigenvalue weighted by Crippen LogP contribution is -2.49. The van der Waals surface area contributed by atoms with E-state index in [-0.39, 0.29) is 11.9 Å². The molecule has 24 heavy (non-hydrogen) atoms. The highest BCUT2D eigenvalue weighted by atomic mass is 32.1. The summed E-state index contributed by atoms with van der Waals surface area (Å²) in [5.41, 5.74) is 0. The Labute approximate surface area is 145 Å². The first kappa shape index (κ1) is 15.8. The van der Waals surface area contributed by atoms with Gasteiger partial charge < -0.3 is 14.1 Å². The van der Waals surface area contributed by atoms with Crippen LogP contribution in [-0.4, -0.2) is 65.6 Å². The van der Waals surface area contributed by atoms with Crippen LogP contribution in [0.4, 0.5) is 0 Å². The highest BCUT2D eigenvalue weighted by Crippen LogP contribution is 2.30. The number of likely N-dealkylation sites (tertiary alicyclic amines) is 1. The van der Waals surface area contributed by atoms with Crippen molar-refractivity contribution in [2.24, 2.45) is 0 Å². The van der Waals surface area contributed by atoms with Gasteiger partial charge in [-0.25, -0.2) is 4.98 Å². The van der Waals surface area contributed by atoms with E-state index in [1.165, 1.54) is 11.3 Å². The quantitative estimate of drug-likeness (QED) is 0.853. The maximum Gasteiger partial charge on any atom is 0.265 e. The molecule has 0 spiro atoms. The summed E-state index contributed by atoms with van der Waals surface area (Å²) in [6, 6.07) is 4.33. The third kappa shape index (κ3) is 2.87.